The van der Waals surface area contributed by atoms with E-state index in [9.17, 15) is 8.78 Å². The van der Waals surface area contributed by atoms with Gasteiger partial charge in [-0.25, -0.2) is 13.8 Å². The molecule has 1 aromatic heterocycles. The summed E-state index contributed by atoms with van der Waals surface area (Å²) in [5, 5.41) is 5.73. The molecule has 0 radical (unpaired) electrons. The van der Waals surface area contributed by atoms with E-state index >= 15 is 0 Å². The summed E-state index contributed by atoms with van der Waals surface area (Å²) in [6, 6.07) is 0.860. The van der Waals surface area contributed by atoms with Gasteiger partial charge in [0.25, 0.3) is 0 Å². The fourth-order valence-electron chi connectivity index (χ4n) is 1.56. The van der Waals surface area contributed by atoms with Crippen LogP contribution in [0.15, 0.2) is 6.07 Å². The largest absolute Gasteiger partial charge is 0.368 e. The van der Waals surface area contributed by atoms with Crippen LogP contribution in [-0.4, -0.2) is 43.6 Å². The lowest BCUT2D eigenvalue weighted by Gasteiger charge is -2.12. The highest BCUT2D eigenvalue weighted by atomic mass is 19.1. The standard InChI is InChI=1S/C13H22F2N4/c1-4-6-16-12-10(14)9-11(15)13(18-12)17-7-5-8-19(2)3/h9H,4-8H2,1-3H3,(H2,16,17,18). The van der Waals surface area contributed by atoms with Gasteiger partial charge in [0, 0.05) is 19.2 Å². The maximum atomic E-state index is 13.5. The van der Waals surface area contributed by atoms with Gasteiger partial charge in [-0.1, -0.05) is 6.92 Å². The zero-order chi connectivity index (χ0) is 14.3. The molecule has 2 N–H and O–H groups in total. The van der Waals surface area contributed by atoms with Gasteiger partial charge in [0.2, 0.25) is 0 Å². The molecular formula is C13H22F2N4. The zero-order valence-corrected chi connectivity index (χ0v) is 11.8. The lowest BCUT2D eigenvalue weighted by Crippen LogP contribution is -2.17. The van der Waals surface area contributed by atoms with Gasteiger partial charge in [-0.3, -0.25) is 0 Å². The van der Waals surface area contributed by atoms with Crippen LogP contribution in [0.2, 0.25) is 0 Å². The summed E-state index contributed by atoms with van der Waals surface area (Å²) in [4.78, 5) is 5.99. The van der Waals surface area contributed by atoms with Crippen LogP contribution in [0.25, 0.3) is 0 Å². The summed E-state index contributed by atoms with van der Waals surface area (Å²) in [6.45, 7) is 4.07. The molecule has 1 rings (SSSR count). The molecule has 19 heavy (non-hydrogen) atoms. The highest BCUT2D eigenvalue weighted by Crippen LogP contribution is 2.18. The average Bonchev–Trinajstić information content (AvgIpc) is 2.35. The molecule has 0 saturated heterocycles. The van der Waals surface area contributed by atoms with Crippen molar-refractivity contribution < 1.29 is 8.78 Å². The normalized spacial score (nSPS) is 10.8. The third-order valence-electron chi connectivity index (χ3n) is 2.55. The van der Waals surface area contributed by atoms with E-state index in [2.05, 4.69) is 15.6 Å². The molecule has 0 unspecified atom stereocenters. The molecular weight excluding hydrogens is 250 g/mol. The molecule has 0 aliphatic heterocycles. The van der Waals surface area contributed by atoms with Crippen molar-refractivity contribution in [2.24, 2.45) is 0 Å². The van der Waals surface area contributed by atoms with Crippen LogP contribution < -0.4 is 10.6 Å². The molecule has 4 nitrogen and oxygen atoms in total. The molecule has 0 aliphatic rings. The van der Waals surface area contributed by atoms with E-state index in [-0.39, 0.29) is 11.6 Å². The van der Waals surface area contributed by atoms with Crippen LogP contribution in [0.3, 0.4) is 0 Å². The number of halogens is 2. The maximum absolute atomic E-state index is 13.5. The summed E-state index contributed by atoms with van der Waals surface area (Å²) >= 11 is 0. The Morgan fingerprint density at radius 2 is 1.68 bits per heavy atom. The SMILES string of the molecule is CCCNc1nc(NCCCN(C)C)c(F)cc1F. The third kappa shape index (κ3) is 5.38. The monoisotopic (exact) mass is 272 g/mol. The number of hydrogen-bond acceptors (Lipinski definition) is 4. The minimum Gasteiger partial charge on any atom is -0.368 e. The Balaban J connectivity index is 2.61. The van der Waals surface area contributed by atoms with Crippen LogP contribution in [-0.2, 0) is 0 Å². The van der Waals surface area contributed by atoms with E-state index in [0.717, 1.165) is 25.5 Å². The third-order valence-corrected chi connectivity index (χ3v) is 2.55. The quantitative estimate of drug-likeness (QED) is 0.714. The first-order chi connectivity index (χ1) is 9.04. The highest BCUT2D eigenvalue weighted by molar-refractivity contribution is 5.47. The van der Waals surface area contributed by atoms with Crippen molar-refractivity contribution in [2.45, 2.75) is 19.8 Å². The van der Waals surface area contributed by atoms with Gasteiger partial charge in [0.15, 0.2) is 23.3 Å². The Labute approximate surface area is 113 Å². The Morgan fingerprint density at radius 1 is 1.11 bits per heavy atom. The van der Waals surface area contributed by atoms with Crippen molar-refractivity contribution in [1.29, 1.82) is 0 Å². The van der Waals surface area contributed by atoms with Gasteiger partial charge in [-0.2, -0.15) is 0 Å². The first kappa shape index (κ1) is 15.6. The summed E-state index contributed by atoms with van der Waals surface area (Å²) in [5.41, 5.74) is 0. The number of nitrogens with zero attached hydrogens (tertiary/aromatic N) is 2. The summed E-state index contributed by atoms with van der Waals surface area (Å²) in [5.74, 6) is -1.13. The molecule has 108 valence electrons. The summed E-state index contributed by atoms with van der Waals surface area (Å²) in [6.07, 6.45) is 1.72. The minimum atomic E-state index is -0.663. The number of nitrogens with one attached hydrogen (secondary N) is 2. The van der Waals surface area contributed by atoms with Gasteiger partial charge >= 0.3 is 0 Å². The number of aromatic nitrogens is 1. The van der Waals surface area contributed by atoms with Crippen LogP contribution >= 0.6 is 0 Å². The lowest BCUT2D eigenvalue weighted by atomic mass is 10.3. The van der Waals surface area contributed by atoms with Crippen molar-refractivity contribution in [1.82, 2.24) is 9.88 Å². The zero-order valence-electron chi connectivity index (χ0n) is 11.8. The predicted molar refractivity (Wildman–Crippen MR) is 74.6 cm³/mol. The van der Waals surface area contributed by atoms with Crippen molar-refractivity contribution in [3.05, 3.63) is 17.7 Å². The van der Waals surface area contributed by atoms with Gasteiger partial charge in [0.1, 0.15) is 0 Å². The van der Waals surface area contributed by atoms with Crippen molar-refractivity contribution in [3.8, 4) is 0 Å². The molecule has 0 bridgehead atoms. The second-order valence-corrected chi connectivity index (χ2v) is 4.66. The number of rotatable bonds is 8. The van der Waals surface area contributed by atoms with Crippen molar-refractivity contribution in [2.75, 3.05) is 44.4 Å². The molecule has 6 heteroatoms. The van der Waals surface area contributed by atoms with Gasteiger partial charge in [-0.15, -0.1) is 0 Å². The fourth-order valence-corrected chi connectivity index (χ4v) is 1.56. The van der Waals surface area contributed by atoms with Crippen LogP contribution in [0.1, 0.15) is 19.8 Å². The number of hydrogen-bond donors (Lipinski definition) is 2. The summed E-state index contributed by atoms with van der Waals surface area (Å²) < 4.78 is 27.0. The maximum Gasteiger partial charge on any atom is 0.168 e. The average molecular weight is 272 g/mol. The van der Waals surface area contributed by atoms with E-state index in [1.165, 1.54) is 0 Å². The smallest absolute Gasteiger partial charge is 0.168 e. The first-order valence-corrected chi connectivity index (χ1v) is 6.53. The van der Waals surface area contributed by atoms with Gasteiger partial charge in [-0.05, 0) is 33.5 Å². The second-order valence-electron chi connectivity index (χ2n) is 4.66. The van der Waals surface area contributed by atoms with Gasteiger partial charge in [0.05, 0.1) is 0 Å². The molecule has 0 amide bonds. The second kappa shape index (κ2) is 7.89. The number of pyridine rings is 1. The first-order valence-electron chi connectivity index (χ1n) is 6.53. The molecule has 1 aromatic rings. The Bertz CT molecular complexity index is 396. The predicted octanol–water partition coefficient (Wildman–Crippen LogP) is 2.55. The van der Waals surface area contributed by atoms with Gasteiger partial charge < -0.3 is 15.5 Å². The van der Waals surface area contributed by atoms with Crippen molar-refractivity contribution >= 4 is 11.6 Å². The van der Waals surface area contributed by atoms with E-state index in [0.29, 0.717) is 13.1 Å². The Hall–Kier alpha value is -1.43. The Kier molecular flexibility index (Phi) is 6.49. The lowest BCUT2D eigenvalue weighted by molar-refractivity contribution is 0.405. The van der Waals surface area contributed by atoms with Crippen LogP contribution in [0, 0.1) is 11.6 Å². The Morgan fingerprint density at radius 3 is 2.21 bits per heavy atom. The topological polar surface area (TPSA) is 40.2 Å². The van der Waals surface area contributed by atoms with Crippen molar-refractivity contribution in [3.63, 3.8) is 0 Å². The summed E-state index contributed by atoms with van der Waals surface area (Å²) in [7, 11) is 3.95. The fraction of sp³-hybridized carbons (Fsp3) is 0.615. The number of anilines is 2. The molecule has 1 heterocycles. The van der Waals surface area contributed by atoms with E-state index in [1.54, 1.807) is 0 Å². The van der Waals surface area contributed by atoms with Crippen LogP contribution in [0.4, 0.5) is 20.4 Å². The van der Waals surface area contributed by atoms with Crippen LogP contribution in [0.5, 0.6) is 0 Å². The molecule has 0 aliphatic carbocycles. The molecule has 0 atom stereocenters. The van der Waals surface area contributed by atoms with E-state index in [4.69, 9.17) is 0 Å². The minimum absolute atomic E-state index is 0.0957. The molecule has 0 spiro atoms. The van der Waals surface area contributed by atoms with E-state index in [1.807, 2.05) is 25.9 Å². The molecule has 0 aromatic carbocycles. The molecule has 0 fully saturated rings. The van der Waals surface area contributed by atoms with E-state index < -0.39 is 11.6 Å². The molecule has 0 saturated carbocycles. The highest BCUT2D eigenvalue weighted by Gasteiger charge is 2.11.